The third-order valence-corrected chi connectivity index (χ3v) is 3.88. The molecule has 0 radical (unpaired) electrons. The molecule has 2 N–H and O–H groups in total. The normalized spacial score (nSPS) is 10.4. The molecule has 0 spiro atoms. The van der Waals surface area contributed by atoms with Crippen molar-refractivity contribution in [2.45, 2.75) is 0 Å². The van der Waals surface area contributed by atoms with E-state index < -0.39 is 5.97 Å². The molecule has 0 bridgehead atoms. The predicted octanol–water partition coefficient (Wildman–Crippen LogP) is 4.09. The summed E-state index contributed by atoms with van der Waals surface area (Å²) >= 11 is 0. The van der Waals surface area contributed by atoms with Crippen LogP contribution in [-0.4, -0.2) is 29.4 Å². The summed E-state index contributed by atoms with van der Waals surface area (Å²) in [5.41, 5.74) is 3.81. The van der Waals surface area contributed by atoms with Gasteiger partial charge in [0.15, 0.2) is 0 Å². The van der Waals surface area contributed by atoms with E-state index in [2.05, 4.69) is 0 Å². The zero-order valence-electron chi connectivity index (χ0n) is 13.6. The average molecular weight is 334 g/mol. The molecule has 126 valence electrons. The third-order valence-electron chi connectivity index (χ3n) is 3.88. The van der Waals surface area contributed by atoms with E-state index in [-0.39, 0.29) is 18.8 Å². The summed E-state index contributed by atoms with van der Waals surface area (Å²) in [6.45, 7) is 0.00921. The van der Waals surface area contributed by atoms with Gasteiger partial charge in [-0.05, 0) is 40.5 Å². The smallest absolute Gasteiger partial charge is 0.336 e. The molecule has 0 fully saturated rings. The van der Waals surface area contributed by atoms with E-state index in [0.29, 0.717) is 11.3 Å². The molecule has 3 rings (SSSR count). The van der Waals surface area contributed by atoms with Crippen molar-refractivity contribution in [3.63, 3.8) is 0 Å². The number of benzene rings is 3. The van der Waals surface area contributed by atoms with E-state index in [1.807, 2.05) is 54.6 Å². The summed E-state index contributed by atoms with van der Waals surface area (Å²) in [4.78, 5) is 11.6. The molecule has 0 heterocycles. The van der Waals surface area contributed by atoms with Crippen LogP contribution >= 0.6 is 0 Å². The Kier molecular flexibility index (Phi) is 5.11. The lowest BCUT2D eigenvalue weighted by atomic mass is 9.97. The van der Waals surface area contributed by atoms with Crippen molar-refractivity contribution in [1.29, 1.82) is 0 Å². The second-order valence-electron chi connectivity index (χ2n) is 5.53. The Morgan fingerprint density at radius 3 is 2.12 bits per heavy atom. The van der Waals surface area contributed by atoms with Crippen molar-refractivity contribution in [3.05, 3.63) is 78.4 Å². The molecule has 0 saturated carbocycles. The van der Waals surface area contributed by atoms with Crippen LogP contribution in [0.25, 0.3) is 22.3 Å². The lowest BCUT2D eigenvalue weighted by molar-refractivity contribution is 0.0697. The molecular weight excluding hydrogens is 316 g/mol. The number of hydrogen-bond donors (Lipinski definition) is 2. The lowest BCUT2D eigenvalue weighted by Crippen LogP contribution is -2.04. The van der Waals surface area contributed by atoms with Crippen molar-refractivity contribution in [2.75, 3.05) is 13.2 Å². The summed E-state index contributed by atoms with van der Waals surface area (Å²) in [6.07, 6.45) is 0. The van der Waals surface area contributed by atoms with Crippen molar-refractivity contribution < 1.29 is 19.7 Å². The van der Waals surface area contributed by atoms with Crippen LogP contribution < -0.4 is 4.74 Å². The molecule has 25 heavy (non-hydrogen) atoms. The molecule has 4 nitrogen and oxygen atoms in total. The van der Waals surface area contributed by atoms with Crippen LogP contribution in [0.2, 0.25) is 0 Å². The first-order valence-electron chi connectivity index (χ1n) is 7.96. The van der Waals surface area contributed by atoms with E-state index >= 15 is 0 Å². The maximum absolute atomic E-state index is 11.6. The maximum atomic E-state index is 11.6. The summed E-state index contributed by atoms with van der Waals surface area (Å²) in [7, 11) is 0. The van der Waals surface area contributed by atoms with E-state index in [1.54, 1.807) is 12.1 Å². The molecule has 0 aliphatic heterocycles. The van der Waals surface area contributed by atoms with Crippen LogP contribution in [0.5, 0.6) is 5.75 Å². The average Bonchev–Trinajstić information content (AvgIpc) is 2.67. The first-order valence-corrected chi connectivity index (χ1v) is 7.96. The number of aromatic carboxylic acids is 1. The summed E-state index contributed by atoms with van der Waals surface area (Å²) in [5, 5.41) is 18.3. The number of hydrogen-bond acceptors (Lipinski definition) is 3. The Balaban J connectivity index is 1.94. The van der Waals surface area contributed by atoms with Gasteiger partial charge in [-0.1, -0.05) is 54.6 Å². The number of aliphatic hydroxyl groups is 1. The molecule has 0 amide bonds. The van der Waals surface area contributed by atoms with E-state index in [4.69, 9.17) is 9.84 Å². The number of aliphatic hydroxyl groups excluding tert-OH is 1. The van der Waals surface area contributed by atoms with Gasteiger partial charge in [-0.25, -0.2) is 4.79 Å². The molecular formula is C21H18O4. The van der Waals surface area contributed by atoms with Crippen LogP contribution in [0.4, 0.5) is 0 Å². The highest BCUT2D eigenvalue weighted by Gasteiger charge is 2.13. The lowest BCUT2D eigenvalue weighted by Gasteiger charge is -2.11. The van der Waals surface area contributed by atoms with Crippen LogP contribution in [-0.2, 0) is 0 Å². The Labute approximate surface area is 146 Å². The Hall–Kier alpha value is -3.11. The molecule has 0 aliphatic carbocycles. The Morgan fingerprint density at radius 1 is 0.840 bits per heavy atom. The minimum Gasteiger partial charge on any atom is -0.491 e. The fourth-order valence-corrected chi connectivity index (χ4v) is 2.68. The highest BCUT2D eigenvalue weighted by molar-refractivity contribution is 5.96. The SMILES string of the molecule is O=C(O)c1cc(OCCO)ccc1-c1ccc(-c2ccccc2)cc1. The Morgan fingerprint density at radius 2 is 1.48 bits per heavy atom. The number of carboxylic acids is 1. The number of carboxylic acid groups (broad SMARTS) is 1. The van der Waals surface area contributed by atoms with Gasteiger partial charge in [0, 0.05) is 0 Å². The van der Waals surface area contributed by atoms with Gasteiger partial charge in [-0.2, -0.15) is 0 Å². The summed E-state index contributed by atoms with van der Waals surface area (Å²) in [6, 6.07) is 22.7. The fraction of sp³-hybridized carbons (Fsp3) is 0.0952. The van der Waals surface area contributed by atoms with Crippen LogP contribution in [0, 0.1) is 0 Å². The summed E-state index contributed by atoms with van der Waals surface area (Å²) in [5.74, 6) is -0.590. The van der Waals surface area contributed by atoms with Gasteiger partial charge in [-0.15, -0.1) is 0 Å². The van der Waals surface area contributed by atoms with Crippen molar-refractivity contribution in [2.24, 2.45) is 0 Å². The van der Waals surface area contributed by atoms with Gasteiger partial charge in [0.2, 0.25) is 0 Å². The van der Waals surface area contributed by atoms with Gasteiger partial charge in [0.25, 0.3) is 0 Å². The fourth-order valence-electron chi connectivity index (χ4n) is 2.68. The first-order chi connectivity index (χ1) is 12.2. The first kappa shape index (κ1) is 16.7. The monoisotopic (exact) mass is 334 g/mol. The molecule has 3 aromatic rings. The summed E-state index contributed by atoms with van der Waals surface area (Å²) < 4.78 is 5.30. The van der Waals surface area contributed by atoms with Crippen molar-refractivity contribution in [3.8, 4) is 28.0 Å². The third kappa shape index (κ3) is 3.87. The molecule has 0 atom stereocenters. The second kappa shape index (κ2) is 7.64. The van der Waals surface area contributed by atoms with Gasteiger partial charge >= 0.3 is 5.97 Å². The van der Waals surface area contributed by atoms with E-state index in [9.17, 15) is 9.90 Å². The van der Waals surface area contributed by atoms with Gasteiger partial charge in [-0.3, -0.25) is 0 Å². The molecule has 3 aromatic carbocycles. The molecule has 0 saturated heterocycles. The van der Waals surface area contributed by atoms with Gasteiger partial charge in [0.05, 0.1) is 12.2 Å². The number of carbonyl (C=O) groups is 1. The van der Waals surface area contributed by atoms with Crippen LogP contribution in [0.1, 0.15) is 10.4 Å². The second-order valence-corrected chi connectivity index (χ2v) is 5.53. The quantitative estimate of drug-likeness (QED) is 0.712. The van der Waals surface area contributed by atoms with Crippen LogP contribution in [0.15, 0.2) is 72.8 Å². The topological polar surface area (TPSA) is 66.8 Å². The minimum atomic E-state index is -1.02. The van der Waals surface area contributed by atoms with Gasteiger partial charge < -0.3 is 14.9 Å². The van der Waals surface area contributed by atoms with E-state index in [0.717, 1.165) is 16.7 Å². The zero-order valence-corrected chi connectivity index (χ0v) is 13.6. The van der Waals surface area contributed by atoms with E-state index in [1.165, 1.54) is 6.07 Å². The zero-order chi connectivity index (χ0) is 17.6. The molecule has 0 unspecified atom stereocenters. The highest BCUT2D eigenvalue weighted by Crippen LogP contribution is 2.29. The van der Waals surface area contributed by atoms with Crippen molar-refractivity contribution in [1.82, 2.24) is 0 Å². The standard InChI is InChI=1S/C21H18O4/c22-12-13-25-18-10-11-19(20(14-18)21(23)24)17-8-6-16(7-9-17)15-4-2-1-3-5-15/h1-11,14,22H,12-13H2,(H,23,24). The number of rotatable bonds is 6. The predicted molar refractivity (Wildman–Crippen MR) is 96.9 cm³/mol. The maximum Gasteiger partial charge on any atom is 0.336 e. The highest BCUT2D eigenvalue weighted by atomic mass is 16.5. The molecule has 4 heteroatoms. The van der Waals surface area contributed by atoms with Crippen molar-refractivity contribution >= 4 is 5.97 Å². The Bertz CT molecular complexity index is 855. The largest absolute Gasteiger partial charge is 0.491 e. The molecule has 0 aromatic heterocycles. The molecule has 0 aliphatic rings. The number of ether oxygens (including phenoxy) is 1. The van der Waals surface area contributed by atoms with Crippen LogP contribution in [0.3, 0.4) is 0 Å². The van der Waals surface area contributed by atoms with Gasteiger partial charge in [0.1, 0.15) is 12.4 Å². The minimum absolute atomic E-state index is 0.120.